The van der Waals surface area contributed by atoms with E-state index in [1.807, 2.05) is 46.8 Å². The summed E-state index contributed by atoms with van der Waals surface area (Å²) in [4.78, 5) is 70.3. The van der Waals surface area contributed by atoms with Crippen LogP contribution in [0.2, 0.25) is 0 Å². The van der Waals surface area contributed by atoms with Crippen LogP contribution in [0.1, 0.15) is 89.8 Å². The quantitative estimate of drug-likeness (QED) is 0.343. The Kier molecular flexibility index (Phi) is 10.8. The number of carbonyl (C=O) groups is 4. The summed E-state index contributed by atoms with van der Waals surface area (Å²) in [5, 5.41) is 4.56. The van der Waals surface area contributed by atoms with Gasteiger partial charge in [-0.1, -0.05) is 83.9 Å². The molecule has 1 saturated carbocycles. The van der Waals surface area contributed by atoms with Crippen LogP contribution >= 0.6 is 7.37 Å². The van der Waals surface area contributed by atoms with Crippen molar-refractivity contribution in [2.75, 3.05) is 13.2 Å². The van der Waals surface area contributed by atoms with Crippen molar-refractivity contribution in [3.05, 3.63) is 65.2 Å². The molecule has 1 unspecified atom stereocenters. The molecule has 3 N–H and O–H groups in total. The number of cyclic esters (lactones) is 1. The zero-order chi connectivity index (χ0) is 37.4. The van der Waals surface area contributed by atoms with Crippen molar-refractivity contribution in [2.45, 2.75) is 116 Å². The van der Waals surface area contributed by atoms with Crippen LogP contribution in [0.4, 0.5) is 9.59 Å². The molecule has 2 fully saturated rings. The first-order chi connectivity index (χ1) is 24.6. The van der Waals surface area contributed by atoms with Gasteiger partial charge in [-0.2, -0.15) is 0 Å². The number of alkyl carbamates (subject to hydrolysis) is 1. The van der Waals surface area contributed by atoms with Gasteiger partial charge in [-0.15, -0.1) is 0 Å². The third-order valence-corrected chi connectivity index (χ3v) is 14.0. The highest BCUT2D eigenvalue weighted by Gasteiger charge is 2.66. The number of amides is 4. The van der Waals surface area contributed by atoms with Crippen molar-refractivity contribution < 1.29 is 38.1 Å². The highest BCUT2D eigenvalue weighted by molar-refractivity contribution is 7.68. The molecule has 13 heteroatoms. The maximum atomic E-state index is 14.5. The van der Waals surface area contributed by atoms with Gasteiger partial charge in [0, 0.05) is 24.8 Å². The summed E-state index contributed by atoms with van der Waals surface area (Å²) in [5.41, 5.74) is 2.62. The van der Waals surface area contributed by atoms with Gasteiger partial charge in [0.25, 0.3) is 7.37 Å². The van der Waals surface area contributed by atoms with Gasteiger partial charge in [-0.05, 0) is 71.8 Å². The number of nitrogens with one attached hydrogen (secondary N) is 2. The van der Waals surface area contributed by atoms with Gasteiger partial charge in [0.1, 0.15) is 23.5 Å². The Morgan fingerprint density at radius 2 is 1.79 bits per heavy atom. The fourth-order valence-electron chi connectivity index (χ4n) is 8.09. The summed E-state index contributed by atoms with van der Waals surface area (Å²) in [6, 6.07) is 12.2. The first kappa shape index (κ1) is 37.9. The van der Waals surface area contributed by atoms with Crippen molar-refractivity contribution in [3.63, 3.8) is 0 Å². The molecule has 0 spiro atoms. The van der Waals surface area contributed by atoms with Gasteiger partial charge in [0.2, 0.25) is 11.8 Å². The predicted molar refractivity (Wildman–Crippen MR) is 196 cm³/mol. The minimum atomic E-state index is -4.11. The van der Waals surface area contributed by atoms with Crippen molar-refractivity contribution in [1.29, 1.82) is 0 Å². The average Bonchev–Trinajstić information content (AvgIpc) is 3.42. The van der Waals surface area contributed by atoms with Crippen LogP contribution in [-0.4, -0.2) is 75.3 Å². The number of benzene rings is 2. The maximum Gasteiger partial charge on any atom is 0.410 e. The second-order valence-corrected chi connectivity index (χ2v) is 18.7. The fourth-order valence-corrected chi connectivity index (χ4v) is 10.5. The number of fused-ring (bicyclic) bond motifs is 3. The van der Waals surface area contributed by atoms with E-state index in [2.05, 4.69) is 16.7 Å². The molecule has 4 amide bonds. The van der Waals surface area contributed by atoms with E-state index in [4.69, 9.17) is 9.47 Å². The molecule has 52 heavy (non-hydrogen) atoms. The van der Waals surface area contributed by atoms with Gasteiger partial charge >= 0.3 is 12.2 Å². The van der Waals surface area contributed by atoms with E-state index in [9.17, 15) is 28.6 Å². The molecule has 3 aliphatic heterocycles. The van der Waals surface area contributed by atoms with Crippen molar-refractivity contribution >= 4 is 36.7 Å². The fraction of sp³-hybridized carbons (Fsp3) is 0.590. The minimum absolute atomic E-state index is 0.0118. The van der Waals surface area contributed by atoms with E-state index in [-0.39, 0.29) is 36.7 Å². The van der Waals surface area contributed by atoms with Crippen LogP contribution in [0.15, 0.2) is 48.5 Å². The normalized spacial score (nSPS) is 29.7. The average molecular weight is 737 g/mol. The molecule has 282 valence electrons. The Bertz CT molecular complexity index is 1730. The molecular weight excluding hydrogens is 683 g/mol. The van der Waals surface area contributed by atoms with E-state index in [1.54, 1.807) is 35.2 Å². The first-order valence-corrected chi connectivity index (χ1v) is 20.3. The van der Waals surface area contributed by atoms with E-state index >= 15 is 0 Å². The van der Waals surface area contributed by atoms with Crippen LogP contribution in [0.5, 0.6) is 0 Å². The Morgan fingerprint density at radius 1 is 1.06 bits per heavy atom. The van der Waals surface area contributed by atoms with Crippen LogP contribution in [0.3, 0.4) is 0 Å². The monoisotopic (exact) mass is 736 g/mol. The van der Waals surface area contributed by atoms with E-state index < -0.39 is 60.3 Å². The lowest BCUT2D eigenvalue weighted by atomic mass is 9.85. The molecule has 4 aliphatic rings. The minimum Gasteiger partial charge on any atom is -0.449 e. The maximum absolute atomic E-state index is 14.5. The molecule has 12 nitrogen and oxygen atoms in total. The molecule has 7 atom stereocenters. The zero-order valence-corrected chi connectivity index (χ0v) is 31.8. The Balaban J connectivity index is 1.30. The second-order valence-electron chi connectivity index (χ2n) is 16.2. The Labute approximate surface area is 306 Å². The summed E-state index contributed by atoms with van der Waals surface area (Å²) in [6.07, 6.45) is 2.41. The predicted octanol–water partition coefficient (Wildman–Crippen LogP) is 5.45. The summed E-state index contributed by atoms with van der Waals surface area (Å²) in [6.45, 7) is 10.3. The van der Waals surface area contributed by atoms with Crippen LogP contribution in [0.25, 0.3) is 0 Å². The highest BCUT2D eigenvalue weighted by atomic mass is 31.2. The van der Waals surface area contributed by atoms with E-state index in [0.717, 1.165) is 36.8 Å². The van der Waals surface area contributed by atoms with Crippen molar-refractivity contribution in [2.24, 2.45) is 17.3 Å². The van der Waals surface area contributed by atoms with Crippen LogP contribution in [-0.2, 0) is 43.1 Å². The third-order valence-electron chi connectivity index (χ3n) is 11.3. The molecule has 1 saturated heterocycles. The zero-order valence-electron chi connectivity index (χ0n) is 30.9. The van der Waals surface area contributed by atoms with Crippen molar-refractivity contribution in [1.82, 2.24) is 20.4 Å². The third kappa shape index (κ3) is 7.60. The largest absolute Gasteiger partial charge is 0.449 e. The number of hydrogen-bond acceptors (Lipinski definition) is 7. The second kappa shape index (κ2) is 14.9. The molecule has 1 aliphatic carbocycles. The first-order valence-electron chi connectivity index (χ1n) is 18.6. The number of nitrogens with zero attached hydrogens (tertiary/aromatic N) is 2. The molecular formula is C39H53N4O8P. The molecule has 6 rings (SSSR count). The van der Waals surface area contributed by atoms with Crippen LogP contribution < -0.4 is 15.9 Å². The molecule has 3 heterocycles. The van der Waals surface area contributed by atoms with Gasteiger partial charge in [0.05, 0.1) is 13.2 Å². The standard InChI is InChI=1S/C39H53N4O8P/c1-6-28-20-39(28,52(48,49)30-17-8-7-9-18-30)41-34(44)32-19-29-22-43(32)35(45)33(38(3,4)5)40-36(46)50-24-25(2)13-10-11-14-26-15-12-16-27-21-42(23-31(26)27)37(47)51-29/h7-9,12,15-18,25,28-29,32-33H,6,10-11,13-14,19-24H2,1-5H3,(H,40,46)(H,41,44)(H,48,49)/t25-,28+,29-,32+,33-,39+/m1/s1. The lowest BCUT2D eigenvalue weighted by molar-refractivity contribution is -0.142. The highest BCUT2D eigenvalue weighted by Crippen LogP contribution is 2.69. The summed E-state index contributed by atoms with van der Waals surface area (Å²) < 4.78 is 25.8. The molecule has 2 aromatic carbocycles. The summed E-state index contributed by atoms with van der Waals surface area (Å²) in [5.74, 6) is -1.27. The smallest absolute Gasteiger partial charge is 0.410 e. The lowest BCUT2D eigenvalue weighted by Gasteiger charge is -2.35. The number of ether oxygens (including phenoxy) is 2. The number of hydrogen-bond donors (Lipinski definition) is 3. The molecule has 2 aromatic rings. The SMILES string of the molecule is CC[C@H]1C[C@]1(NC(=O)[C@@H]1C[C@@H]2CN1C(=O)[C@H](C(C)(C)C)NC(=O)OC[C@H](C)CCCCc1cccc3c1CN(C3)C(=O)O2)P(=O)(O)c1ccccc1. The summed E-state index contributed by atoms with van der Waals surface area (Å²) >= 11 is 0. The van der Waals surface area contributed by atoms with Gasteiger partial charge in [0.15, 0.2) is 0 Å². The number of aryl methyl sites for hydroxylation is 1. The number of rotatable bonds is 5. The molecule has 4 bridgehead atoms. The van der Waals surface area contributed by atoms with Crippen LogP contribution in [0, 0.1) is 17.3 Å². The molecule has 0 aromatic heterocycles. The lowest BCUT2D eigenvalue weighted by Crippen LogP contribution is -2.58. The van der Waals surface area contributed by atoms with Gasteiger partial charge in [-0.25, -0.2) is 9.59 Å². The van der Waals surface area contributed by atoms with E-state index in [0.29, 0.717) is 25.9 Å². The van der Waals surface area contributed by atoms with Gasteiger partial charge in [-0.3, -0.25) is 19.1 Å². The Morgan fingerprint density at radius 3 is 2.48 bits per heavy atom. The van der Waals surface area contributed by atoms with E-state index in [1.165, 1.54) is 10.5 Å². The topological polar surface area (TPSA) is 155 Å². The van der Waals surface area contributed by atoms with Crippen molar-refractivity contribution in [3.8, 4) is 0 Å². The summed E-state index contributed by atoms with van der Waals surface area (Å²) in [7, 11) is -4.11. The Hall–Kier alpha value is -3.89. The number of carbonyl (C=O) groups excluding carboxylic acids is 4. The molecule has 0 radical (unpaired) electrons. The van der Waals surface area contributed by atoms with Gasteiger partial charge < -0.3 is 29.9 Å².